The Hall–Kier alpha value is -3.93. The molecule has 0 aromatic carbocycles. The Morgan fingerprint density at radius 3 is 0.969 bits per heavy atom. The second-order valence-electron chi connectivity index (χ2n) is 17.0. The minimum Gasteiger partial charge on any atom is -0.462 e. The van der Waals surface area contributed by atoms with Crippen LogP contribution in [0.15, 0.2) is 109 Å². The van der Waals surface area contributed by atoms with Gasteiger partial charge in [0.25, 0.3) is 0 Å². The van der Waals surface area contributed by atoms with Gasteiger partial charge < -0.3 is 14.2 Å². The highest BCUT2D eigenvalue weighted by molar-refractivity contribution is 5.71. The Kier molecular flexibility index (Phi) is 49.5. The van der Waals surface area contributed by atoms with Gasteiger partial charge in [-0.3, -0.25) is 14.4 Å². The van der Waals surface area contributed by atoms with Crippen LogP contribution >= 0.6 is 0 Å². The van der Waals surface area contributed by atoms with Crippen LogP contribution in [0.2, 0.25) is 0 Å². The molecule has 6 nitrogen and oxygen atoms in total. The molecule has 0 aromatic heterocycles. The van der Waals surface area contributed by atoms with Crippen molar-refractivity contribution in [1.82, 2.24) is 0 Å². The summed E-state index contributed by atoms with van der Waals surface area (Å²) < 4.78 is 16.7. The third-order valence-corrected chi connectivity index (χ3v) is 10.7. The molecule has 0 bridgehead atoms. The van der Waals surface area contributed by atoms with Crippen LogP contribution in [0.4, 0.5) is 0 Å². The number of ether oxygens (including phenoxy) is 3. The van der Waals surface area contributed by atoms with Crippen LogP contribution in [-0.4, -0.2) is 37.2 Å². The predicted octanol–water partition coefficient (Wildman–Crippen LogP) is 17.5. The van der Waals surface area contributed by atoms with Crippen LogP contribution in [-0.2, 0) is 28.6 Å². The second kappa shape index (κ2) is 52.7. The summed E-state index contributed by atoms with van der Waals surface area (Å²) in [5.74, 6) is -0.992. The van der Waals surface area contributed by atoms with E-state index in [1.807, 2.05) is 0 Å². The average Bonchev–Trinajstić information content (AvgIpc) is 3.30. The van der Waals surface area contributed by atoms with Crippen LogP contribution in [0.5, 0.6) is 0 Å². The highest BCUT2D eigenvalue weighted by Gasteiger charge is 2.19. The first-order chi connectivity index (χ1) is 32.0. The van der Waals surface area contributed by atoms with Crippen molar-refractivity contribution in [3.05, 3.63) is 109 Å². The molecule has 368 valence electrons. The maximum atomic E-state index is 12.8. The van der Waals surface area contributed by atoms with Gasteiger partial charge in [0, 0.05) is 19.3 Å². The number of unbranched alkanes of at least 4 members (excludes halogenated alkanes) is 17. The van der Waals surface area contributed by atoms with Crippen molar-refractivity contribution in [2.75, 3.05) is 13.2 Å². The summed E-state index contributed by atoms with van der Waals surface area (Å²) in [5, 5.41) is 0. The average molecular weight is 901 g/mol. The molecular weight excluding hydrogens is 805 g/mol. The summed E-state index contributed by atoms with van der Waals surface area (Å²) in [6.45, 7) is 6.39. The Labute approximate surface area is 400 Å². The molecule has 0 saturated carbocycles. The molecule has 1 atom stereocenters. The third-order valence-electron chi connectivity index (χ3n) is 10.7. The maximum absolute atomic E-state index is 12.8. The van der Waals surface area contributed by atoms with Gasteiger partial charge in [0.15, 0.2) is 6.10 Å². The first-order valence-electron chi connectivity index (χ1n) is 26.4. The molecular formula is C59H96O6. The standard InChI is InChI=1S/C59H96O6/c1-4-7-10-13-16-19-22-25-28-29-32-35-38-41-44-47-50-53-59(62)65-56(54-63-57(60)51-48-45-42-39-36-33-30-26-23-20-17-14-11-8-5-2)55-64-58(61)52-49-46-43-40-37-34-31-27-24-21-18-15-12-9-6-3/h8,11,16-21,25-28,30-32,35,37,40,56H,4-7,9-10,12-15,22-24,29,33-34,36,38-39,41-55H2,1-3H3/b11-8-,19-16-,20-17-,21-18-,28-25-,30-26-,31-27-,35-32-,40-37-/t56-/m1/s1. The molecule has 0 unspecified atom stereocenters. The van der Waals surface area contributed by atoms with Crippen molar-refractivity contribution in [1.29, 1.82) is 0 Å². The Morgan fingerprint density at radius 1 is 0.323 bits per heavy atom. The quantitative estimate of drug-likeness (QED) is 0.0262. The number of allylic oxidation sites excluding steroid dienone is 18. The highest BCUT2D eigenvalue weighted by Crippen LogP contribution is 2.12. The van der Waals surface area contributed by atoms with Crippen LogP contribution in [0.3, 0.4) is 0 Å². The summed E-state index contributed by atoms with van der Waals surface area (Å²) >= 11 is 0. The molecule has 0 aliphatic carbocycles. The molecule has 65 heavy (non-hydrogen) atoms. The monoisotopic (exact) mass is 901 g/mol. The zero-order valence-electron chi connectivity index (χ0n) is 42.0. The van der Waals surface area contributed by atoms with E-state index >= 15 is 0 Å². The van der Waals surface area contributed by atoms with E-state index in [-0.39, 0.29) is 37.5 Å². The van der Waals surface area contributed by atoms with Gasteiger partial charge in [-0.25, -0.2) is 0 Å². The number of rotatable bonds is 46. The normalized spacial score (nSPS) is 13.0. The van der Waals surface area contributed by atoms with E-state index in [0.29, 0.717) is 12.8 Å². The summed E-state index contributed by atoms with van der Waals surface area (Å²) in [7, 11) is 0. The van der Waals surface area contributed by atoms with Gasteiger partial charge in [0.1, 0.15) is 13.2 Å². The van der Waals surface area contributed by atoms with E-state index in [0.717, 1.165) is 135 Å². The van der Waals surface area contributed by atoms with Gasteiger partial charge in [0.05, 0.1) is 0 Å². The molecule has 0 radical (unpaired) electrons. The third kappa shape index (κ3) is 50.9. The first-order valence-corrected chi connectivity index (χ1v) is 26.4. The molecule has 0 aliphatic heterocycles. The van der Waals surface area contributed by atoms with Crippen LogP contribution in [0.25, 0.3) is 0 Å². The summed E-state index contributed by atoms with van der Waals surface area (Å²) in [4.78, 5) is 38.0. The molecule has 0 N–H and O–H groups in total. The number of esters is 3. The van der Waals surface area contributed by atoms with E-state index in [4.69, 9.17) is 14.2 Å². The number of carbonyl (C=O) groups is 3. The summed E-state index contributed by atoms with van der Waals surface area (Å²) in [6, 6.07) is 0. The maximum Gasteiger partial charge on any atom is 0.306 e. The van der Waals surface area contributed by atoms with E-state index in [1.54, 1.807) is 0 Å². The van der Waals surface area contributed by atoms with Gasteiger partial charge in [-0.2, -0.15) is 0 Å². The lowest BCUT2D eigenvalue weighted by Gasteiger charge is -2.18. The van der Waals surface area contributed by atoms with Gasteiger partial charge >= 0.3 is 17.9 Å². The fraction of sp³-hybridized carbons (Fsp3) is 0.644. The first kappa shape index (κ1) is 61.1. The number of carbonyl (C=O) groups excluding carboxylic acids is 3. The molecule has 0 saturated heterocycles. The molecule has 0 amide bonds. The summed E-state index contributed by atoms with van der Waals surface area (Å²) in [6.07, 6.45) is 70.7. The minimum absolute atomic E-state index is 0.111. The number of hydrogen-bond donors (Lipinski definition) is 0. The molecule has 6 heteroatoms. The van der Waals surface area contributed by atoms with E-state index in [1.165, 1.54) is 51.4 Å². The molecule has 0 fully saturated rings. The van der Waals surface area contributed by atoms with Gasteiger partial charge in [-0.05, 0) is 128 Å². The molecule has 0 heterocycles. The van der Waals surface area contributed by atoms with Gasteiger partial charge in [0.2, 0.25) is 0 Å². The second-order valence-corrected chi connectivity index (χ2v) is 17.0. The van der Waals surface area contributed by atoms with Crippen molar-refractivity contribution in [2.45, 2.75) is 232 Å². The zero-order valence-corrected chi connectivity index (χ0v) is 42.0. The van der Waals surface area contributed by atoms with Gasteiger partial charge in [-0.1, -0.05) is 188 Å². The minimum atomic E-state index is -0.814. The van der Waals surface area contributed by atoms with E-state index < -0.39 is 6.10 Å². The van der Waals surface area contributed by atoms with Crippen LogP contribution in [0.1, 0.15) is 226 Å². The number of hydrogen-bond acceptors (Lipinski definition) is 6. The van der Waals surface area contributed by atoms with Crippen molar-refractivity contribution >= 4 is 17.9 Å². The summed E-state index contributed by atoms with van der Waals surface area (Å²) in [5.41, 5.74) is 0. The fourth-order valence-corrected chi connectivity index (χ4v) is 6.76. The largest absolute Gasteiger partial charge is 0.462 e. The van der Waals surface area contributed by atoms with E-state index in [2.05, 4.69) is 130 Å². The molecule has 0 rings (SSSR count). The van der Waals surface area contributed by atoms with Gasteiger partial charge in [-0.15, -0.1) is 0 Å². The lowest BCUT2D eigenvalue weighted by molar-refractivity contribution is -0.167. The van der Waals surface area contributed by atoms with Crippen LogP contribution < -0.4 is 0 Å². The Morgan fingerprint density at radius 2 is 0.600 bits per heavy atom. The SMILES string of the molecule is CC/C=C\C/C=C\C/C=C\CCCCCCCC(=O)OC[C@H](COC(=O)CCCC/C=C\C/C=C\C/C=C\CCCCC)OC(=O)CCCCCC/C=C\C/C=C\C/C=C\CCCCC. The highest BCUT2D eigenvalue weighted by atomic mass is 16.6. The zero-order chi connectivity index (χ0) is 47.2. The fourth-order valence-electron chi connectivity index (χ4n) is 6.76. The Bertz CT molecular complexity index is 1360. The van der Waals surface area contributed by atoms with Crippen molar-refractivity contribution in [3.8, 4) is 0 Å². The Balaban J connectivity index is 4.54. The van der Waals surface area contributed by atoms with Crippen molar-refractivity contribution in [3.63, 3.8) is 0 Å². The molecule has 0 aliphatic rings. The van der Waals surface area contributed by atoms with Crippen molar-refractivity contribution < 1.29 is 28.6 Å². The molecule has 0 aromatic rings. The molecule has 0 spiro atoms. The van der Waals surface area contributed by atoms with E-state index in [9.17, 15) is 14.4 Å². The lowest BCUT2D eigenvalue weighted by Crippen LogP contribution is -2.30. The van der Waals surface area contributed by atoms with Crippen molar-refractivity contribution in [2.24, 2.45) is 0 Å². The lowest BCUT2D eigenvalue weighted by atomic mass is 10.1. The van der Waals surface area contributed by atoms with Crippen LogP contribution in [0, 0.1) is 0 Å². The smallest absolute Gasteiger partial charge is 0.306 e. The predicted molar refractivity (Wildman–Crippen MR) is 279 cm³/mol. The topological polar surface area (TPSA) is 78.9 Å².